The Balaban J connectivity index is 1.81. The standard InChI is InChI=1S/C22H24ClF3N2O4/c1-21(31,32)18-15(12-11-13-7-5-6-10-16(13)23)19(29)28(18)20(30)27-17(22(24,25)26)14-8-3-2-4-9-14/h5-7,10,14-15,17-18,31-32H,2-4,8-9H2,1H3,(H,27,30). The number of hydrogen-bond donors (Lipinski definition) is 3. The molecule has 1 aliphatic heterocycles. The van der Waals surface area contributed by atoms with Crippen molar-refractivity contribution in [2.75, 3.05) is 0 Å². The van der Waals surface area contributed by atoms with Gasteiger partial charge >= 0.3 is 12.2 Å². The summed E-state index contributed by atoms with van der Waals surface area (Å²) < 4.78 is 40.9. The van der Waals surface area contributed by atoms with Gasteiger partial charge in [-0.15, -0.1) is 0 Å². The maximum Gasteiger partial charge on any atom is 0.408 e. The molecule has 6 nitrogen and oxygen atoms in total. The number of nitrogens with one attached hydrogen (secondary N) is 1. The van der Waals surface area contributed by atoms with Crippen LogP contribution < -0.4 is 5.32 Å². The predicted octanol–water partition coefficient (Wildman–Crippen LogP) is 3.44. The third-order valence-corrected chi connectivity index (χ3v) is 6.20. The van der Waals surface area contributed by atoms with Gasteiger partial charge in [-0.05, 0) is 37.8 Å². The normalized spacial score (nSPS) is 23.1. The minimum absolute atomic E-state index is 0.311. The van der Waals surface area contributed by atoms with E-state index in [0.717, 1.165) is 13.3 Å². The Morgan fingerprint density at radius 3 is 2.41 bits per heavy atom. The van der Waals surface area contributed by atoms with Crippen LogP contribution in [0.15, 0.2) is 24.3 Å². The maximum atomic E-state index is 13.6. The number of urea groups is 1. The summed E-state index contributed by atoms with van der Waals surface area (Å²) in [6, 6.07) is 1.53. The lowest BCUT2D eigenvalue weighted by Gasteiger charge is -2.48. The fraction of sp³-hybridized carbons (Fsp3) is 0.545. The molecule has 3 unspecified atom stereocenters. The van der Waals surface area contributed by atoms with Crippen LogP contribution >= 0.6 is 11.6 Å². The molecule has 1 aromatic rings. The van der Waals surface area contributed by atoms with Crippen LogP contribution in [0, 0.1) is 23.7 Å². The number of hydrogen-bond acceptors (Lipinski definition) is 4. The van der Waals surface area contributed by atoms with Crippen LogP contribution in [0.5, 0.6) is 0 Å². The highest BCUT2D eigenvalue weighted by Crippen LogP contribution is 2.37. The molecule has 2 aliphatic rings. The Morgan fingerprint density at radius 1 is 1.22 bits per heavy atom. The number of nitrogens with zero attached hydrogens (tertiary/aromatic N) is 1. The summed E-state index contributed by atoms with van der Waals surface area (Å²) in [5, 5.41) is 22.4. The third-order valence-electron chi connectivity index (χ3n) is 5.87. The first kappa shape index (κ1) is 24.4. The summed E-state index contributed by atoms with van der Waals surface area (Å²) in [5.74, 6) is -0.344. The van der Waals surface area contributed by atoms with Crippen molar-refractivity contribution >= 4 is 23.5 Å². The van der Waals surface area contributed by atoms with Crippen LogP contribution in [0.3, 0.4) is 0 Å². The summed E-state index contributed by atoms with van der Waals surface area (Å²) >= 11 is 6.02. The molecule has 0 aromatic heterocycles. The van der Waals surface area contributed by atoms with Crippen molar-refractivity contribution in [3.05, 3.63) is 34.9 Å². The number of likely N-dealkylation sites (tertiary alicyclic amines) is 1. The van der Waals surface area contributed by atoms with E-state index in [4.69, 9.17) is 11.6 Å². The van der Waals surface area contributed by atoms with Crippen molar-refractivity contribution < 1.29 is 33.0 Å². The highest BCUT2D eigenvalue weighted by atomic mass is 35.5. The molecule has 174 valence electrons. The predicted molar refractivity (Wildman–Crippen MR) is 110 cm³/mol. The van der Waals surface area contributed by atoms with Gasteiger partial charge in [-0.3, -0.25) is 9.69 Å². The second kappa shape index (κ2) is 9.30. The zero-order valence-electron chi connectivity index (χ0n) is 17.3. The zero-order chi connectivity index (χ0) is 23.7. The summed E-state index contributed by atoms with van der Waals surface area (Å²) in [7, 11) is 0. The van der Waals surface area contributed by atoms with Crippen LogP contribution in [0.2, 0.25) is 5.02 Å². The van der Waals surface area contributed by atoms with Crippen LogP contribution in [0.25, 0.3) is 0 Å². The summed E-state index contributed by atoms with van der Waals surface area (Å²) in [4.78, 5) is 25.7. The van der Waals surface area contributed by atoms with E-state index in [1.807, 2.05) is 5.32 Å². The number of imide groups is 1. The molecular weight excluding hydrogens is 449 g/mol. The minimum atomic E-state index is -4.70. The van der Waals surface area contributed by atoms with E-state index in [1.165, 1.54) is 0 Å². The van der Waals surface area contributed by atoms with Crippen LogP contribution in [0.4, 0.5) is 18.0 Å². The molecule has 0 bridgehead atoms. The lowest BCUT2D eigenvalue weighted by atomic mass is 9.82. The van der Waals surface area contributed by atoms with E-state index in [2.05, 4.69) is 11.8 Å². The number of aliphatic hydroxyl groups is 2. The van der Waals surface area contributed by atoms with Crippen molar-refractivity contribution in [1.82, 2.24) is 10.2 Å². The quantitative estimate of drug-likeness (QED) is 0.357. The summed E-state index contributed by atoms with van der Waals surface area (Å²) in [5.41, 5.74) is 0.385. The molecule has 32 heavy (non-hydrogen) atoms. The van der Waals surface area contributed by atoms with E-state index in [1.54, 1.807) is 24.3 Å². The van der Waals surface area contributed by atoms with Crippen molar-refractivity contribution in [3.63, 3.8) is 0 Å². The zero-order valence-corrected chi connectivity index (χ0v) is 18.1. The lowest BCUT2D eigenvalue weighted by Crippen LogP contribution is -2.73. The molecule has 3 N–H and O–H groups in total. The van der Waals surface area contributed by atoms with Gasteiger partial charge in [-0.25, -0.2) is 4.79 Å². The smallest absolute Gasteiger partial charge is 0.364 e. The number of rotatable bonds is 3. The Labute approximate surface area is 188 Å². The van der Waals surface area contributed by atoms with Crippen LogP contribution in [0.1, 0.15) is 44.6 Å². The highest BCUT2D eigenvalue weighted by Gasteiger charge is 2.59. The van der Waals surface area contributed by atoms with E-state index in [9.17, 15) is 33.0 Å². The molecular formula is C22H24ClF3N2O4. The molecule has 1 saturated heterocycles. The number of carbonyl (C=O) groups excluding carboxylic acids is 2. The largest absolute Gasteiger partial charge is 0.408 e. The molecule has 3 atom stereocenters. The molecule has 1 heterocycles. The second-order valence-corrected chi connectivity index (χ2v) is 8.75. The Kier molecular flexibility index (Phi) is 7.08. The SMILES string of the molecule is CC(O)(O)C1C(C#Cc2ccccc2Cl)C(=O)N1C(=O)NC(C1CCCCC1)C(F)(F)F. The van der Waals surface area contributed by atoms with Crippen molar-refractivity contribution in [1.29, 1.82) is 0 Å². The third kappa shape index (κ3) is 5.20. The van der Waals surface area contributed by atoms with E-state index in [-0.39, 0.29) is 0 Å². The first-order valence-electron chi connectivity index (χ1n) is 10.3. The number of amides is 3. The molecule has 1 aromatic carbocycles. The van der Waals surface area contributed by atoms with Crippen molar-refractivity contribution in [2.45, 2.75) is 63.1 Å². The first-order valence-corrected chi connectivity index (χ1v) is 10.7. The fourth-order valence-electron chi connectivity index (χ4n) is 4.27. The second-order valence-electron chi connectivity index (χ2n) is 8.34. The van der Waals surface area contributed by atoms with Gasteiger partial charge in [-0.2, -0.15) is 13.2 Å². The number of benzene rings is 1. The number of alkyl halides is 3. The first-order chi connectivity index (χ1) is 14.9. The number of halogens is 4. The van der Waals surface area contributed by atoms with Gasteiger partial charge in [0.25, 0.3) is 0 Å². The van der Waals surface area contributed by atoms with Gasteiger partial charge in [0.2, 0.25) is 5.91 Å². The molecule has 0 radical (unpaired) electrons. The fourth-order valence-corrected chi connectivity index (χ4v) is 4.45. The Morgan fingerprint density at radius 2 is 1.84 bits per heavy atom. The van der Waals surface area contributed by atoms with Gasteiger partial charge in [-0.1, -0.05) is 54.8 Å². The van der Waals surface area contributed by atoms with Gasteiger partial charge in [0.15, 0.2) is 5.79 Å². The topological polar surface area (TPSA) is 89.9 Å². The van der Waals surface area contributed by atoms with E-state index < -0.39 is 47.8 Å². The van der Waals surface area contributed by atoms with Gasteiger partial charge in [0, 0.05) is 5.56 Å². The van der Waals surface area contributed by atoms with E-state index >= 15 is 0 Å². The molecule has 10 heteroatoms. The van der Waals surface area contributed by atoms with Crippen molar-refractivity contribution in [2.24, 2.45) is 11.8 Å². The molecule has 1 saturated carbocycles. The van der Waals surface area contributed by atoms with E-state index in [0.29, 0.717) is 41.2 Å². The Hall–Kier alpha value is -2.28. The van der Waals surface area contributed by atoms with Gasteiger partial charge < -0.3 is 15.5 Å². The maximum absolute atomic E-state index is 13.6. The van der Waals surface area contributed by atoms with Crippen LogP contribution in [-0.2, 0) is 4.79 Å². The van der Waals surface area contributed by atoms with Crippen molar-refractivity contribution in [3.8, 4) is 11.8 Å². The Bertz CT molecular complexity index is 930. The van der Waals surface area contributed by atoms with Gasteiger partial charge in [0.05, 0.1) is 5.02 Å². The molecule has 3 amide bonds. The highest BCUT2D eigenvalue weighted by molar-refractivity contribution is 6.31. The van der Waals surface area contributed by atoms with Crippen LogP contribution in [-0.4, -0.2) is 51.1 Å². The monoisotopic (exact) mass is 472 g/mol. The summed E-state index contributed by atoms with van der Waals surface area (Å²) in [6.45, 7) is 0.941. The molecule has 2 fully saturated rings. The average molecular weight is 473 g/mol. The summed E-state index contributed by atoms with van der Waals surface area (Å²) in [6.07, 6.45) is -1.99. The number of β-lactam (4-membered cyclic amide) rings is 1. The molecule has 0 spiro atoms. The molecule has 1 aliphatic carbocycles. The van der Waals surface area contributed by atoms with Gasteiger partial charge in [0.1, 0.15) is 18.0 Å². The lowest BCUT2D eigenvalue weighted by molar-refractivity contribution is -0.220. The average Bonchev–Trinajstić information content (AvgIpc) is 2.70. The molecule has 3 rings (SSSR count). The minimum Gasteiger partial charge on any atom is -0.364 e. The number of carbonyl (C=O) groups is 2.